The van der Waals surface area contributed by atoms with Crippen LogP contribution in [-0.4, -0.2) is 59.1 Å². The minimum absolute atomic E-state index is 0.114. The second kappa shape index (κ2) is 8.37. The number of carbonyl (C=O) groups excluding carboxylic acids is 1. The number of carbonyl (C=O) groups is 1. The number of nitrogens with one attached hydrogen (secondary N) is 1. The maximum atomic E-state index is 12.5. The Morgan fingerprint density at radius 2 is 1.93 bits per heavy atom. The van der Waals surface area contributed by atoms with E-state index in [0.717, 1.165) is 50.8 Å². The van der Waals surface area contributed by atoms with Gasteiger partial charge < -0.3 is 19.9 Å². The van der Waals surface area contributed by atoms with Crippen molar-refractivity contribution in [1.82, 2.24) is 20.2 Å². The third-order valence-corrected chi connectivity index (χ3v) is 5.44. The fourth-order valence-electron chi connectivity index (χ4n) is 3.97. The number of amides is 1. The van der Waals surface area contributed by atoms with Crippen LogP contribution in [0.1, 0.15) is 31.4 Å². The van der Waals surface area contributed by atoms with Crippen LogP contribution in [0.15, 0.2) is 36.7 Å². The van der Waals surface area contributed by atoms with Crippen molar-refractivity contribution in [2.24, 2.45) is 0 Å². The van der Waals surface area contributed by atoms with Crippen LogP contribution < -0.4 is 15.0 Å². The summed E-state index contributed by atoms with van der Waals surface area (Å²) in [5.41, 5.74) is 2.39. The fraction of sp³-hybridized carbons (Fsp3) is 0.500. The van der Waals surface area contributed by atoms with Crippen molar-refractivity contribution in [1.29, 1.82) is 0 Å². The number of nitrogens with zero attached hydrogens (tertiary/aromatic N) is 4. The largest absolute Gasteiger partial charge is 0.487 e. The average molecular weight is 396 g/mol. The normalized spacial score (nSPS) is 17.7. The molecule has 0 saturated carbocycles. The summed E-state index contributed by atoms with van der Waals surface area (Å²) in [5.74, 6) is 1.94. The van der Waals surface area contributed by atoms with Crippen LogP contribution in [0, 0.1) is 0 Å². The Labute approximate surface area is 172 Å². The Kier molecular flexibility index (Phi) is 5.67. The number of fused-ring (bicyclic) bond motifs is 1. The summed E-state index contributed by atoms with van der Waals surface area (Å²) in [5, 5.41) is 3.40. The summed E-state index contributed by atoms with van der Waals surface area (Å²) in [6.07, 6.45) is 4.96. The Morgan fingerprint density at radius 3 is 2.69 bits per heavy atom. The van der Waals surface area contributed by atoms with E-state index >= 15 is 0 Å². The molecule has 4 rings (SSSR count). The Hall–Kier alpha value is -2.67. The molecule has 0 aliphatic carbocycles. The highest BCUT2D eigenvalue weighted by molar-refractivity contribution is 5.76. The van der Waals surface area contributed by atoms with Crippen molar-refractivity contribution in [3.05, 3.63) is 47.8 Å². The second-order valence-corrected chi connectivity index (χ2v) is 8.32. The smallest absolute Gasteiger partial charge is 0.225 e. The zero-order chi connectivity index (χ0) is 20.3. The molecule has 2 aliphatic heterocycles. The van der Waals surface area contributed by atoms with Crippen LogP contribution in [0.3, 0.4) is 0 Å². The van der Waals surface area contributed by atoms with E-state index in [4.69, 9.17) is 4.74 Å². The standard InChI is InChI=1S/C22H29N5O2/c1-22(2)15-18-14-17(4-5-19(18)29-22)16-23-9-6-20(28)26-10-12-27(13-11-26)21-24-7-3-8-25-21/h3-5,7-8,14,23H,6,9-13,15-16H2,1-2H3. The first-order valence-corrected chi connectivity index (χ1v) is 10.3. The van der Waals surface area contributed by atoms with Gasteiger partial charge in [-0.15, -0.1) is 0 Å². The Morgan fingerprint density at radius 1 is 1.17 bits per heavy atom. The third-order valence-electron chi connectivity index (χ3n) is 5.44. The summed E-state index contributed by atoms with van der Waals surface area (Å²) in [7, 11) is 0. The highest BCUT2D eigenvalue weighted by atomic mass is 16.5. The number of ether oxygens (including phenoxy) is 1. The topological polar surface area (TPSA) is 70.6 Å². The molecular formula is C22H29N5O2. The molecule has 2 aliphatic rings. The van der Waals surface area contributed by atoms with Crippen LogP contribution in [0.5, 0.6) is 5.75 Å². The van der Waals surface area contributed by atoms with Gasteiger partial charge in [0.15, 0.2) is 0 Å². The average Bonchev–Trinajstić information content (AvgIpc) is 3.05. The van der Waals surface area contributed by atoms with Crippen molar-refractivity contribution < 1.29 is 9.53 Å². The lowest BCUT2D eigenvalue weighted by atomic mass is 10.0. The van der Waals surface area contributed by atoms with E-state index < -0.39 is 0 Å². The van der Waals surface area contributed by atoms with Crippen LogP contribution in [0.4, 0.5) is 5.95 Å². The number of rotatable bonds is 6. The lowest BCUT2D eigenvalue weighted by Crippen LogP contribution is -2.49. The Balaban J connectivity index is 1.18. The van der Waals surface area contributed by atoms with Crippen molar-refractivity contribution in [2.45, 2.75) is 38.8 Å². The first kappa shape index (κ1) is 19.6. The number of piperazine rings is 1. The number of aromatic nitrogens is 2. The maximum Gasteiger partial charge on any atom is 0.225 e. The molecule has 154 valence electrons. The predicted octanol–water partition coefficient (Wildman–Crippen LogP) is 2.02. The lowest BCUT2D eigenvalue weighted by molar-refractivity contribution is -0.131. The van der Waals surface area contributed by atoms with E-state index in [1.54, 1.807) is 12.4 Å². The van der Waals surface area contributed by atoms with Crippen molar-refractivity contribution in [3.63, 3.8) is 0 Å². The number of hydrogen-bond acceptors (Lipinski definition) is 6. The van der Waals surface area contributed by atoms with Gasteiger partial charge in [-0.05, 0) is 37.1 Å². The quantitative estimate of drug-likeness (QED) is 0.755. The van der Waals surface area contributed by atoms with E-state index in [9.17, 15) is 4.79 Å². The fourth-order valence-corrected chi connectivity index (χ4v) is 3.97. The number of benzene rings is 1. The number of anilines is 1. The van der Waals surface area contributed by atoms with Gasteiger partial charge in [-0.1, -0.05) is 12.1 Å². The molecule has 29 heavy (non-hydrogen) atoms. The lowest BCUT2D eigenvalue weighted by Gasteiger charge is -2.34. The Bertz CT molecular complexity index is 848. The molecule has 0 bridgehead atoms. The van der Waals surface area contributed by atoms with Crippen LogP contribution in [0.2, 0.25) is 0 Å². The van der Waals surface area contributed by atoms with Crippen LogP contribution >= 0.6 is 0 Å². The molecule has 0 atom stereocenters. The predicted molar refractivity (Wildman–Crippen MR) is 112 cm³/mol. The van der Waals surface area contributed by atoms with Crippen LogP contribution in [-0.2, 0) is 17.8 Å². The molecule has 0 unspecified atom stereocenters. The molecule has 1 aromatic heterocycles. The van der Waals surface area contributed by atoms with E-state index in [1.807, 2.05) is 11.0 Å². The van der Waals surface area contributed by atoms with Crippen LogP contribution in [0.25, 0.3) is 0 Å². The van der Waals surface area contributed by atoms with Gasteiger partial charge in [0, 0.05) is 64.5 Å². The molecule has 1 amide bonds. The molecule has 7 nitrogen and oxygen atoms in total. The van der Waals surface area contributed by atoms with E-state index in [1.165, 1.54) is 11.1 Å². The zero-order valence-electron chi connectivity index (χ0n) is 17.2. The molecule has 1 saturated heterocycles. The molecule has 0 spiro atoms. The van der Waals surface area contributed by atoms with Gasteiger partial charge in [-0.25, -0.2) is 9.97 Å². The SMILES string of the molecule is CC1(C)Cc2cc(CNCCC(=O)N3CCN(c4ncccn4)CC3)ccc2O1. The summed E-state index contributed by atoms with van der Waals surface area (Å²) in [6.45, 7) is 8.66. The molecule has 3 heterocycles. The highest BCUT2D eigenvalue weighted by Gasteiger charge is 2.29. The molecule has 1 fully saturated rings. The molecule has 2 aromatic rings. The molecular weight excluding hydrogens is 366 g/mol. The third kappa shape index (κ3) is 4.85. The molecule has 7 heteroatoms. The summed E-state index contributed by atoms with van der Waals surface area (Å²) in [6, 6.07) is 8.18. The van der Waals surface area contributed by atoms with Crippen molar-refractivity contribution in [2.75, 3.05) is 37.6 Å². The van der Waals surface area contributed by atoms with Crippen molar-refractivity contribution >= 4 is 11.9 Å². The first-order chi connectivity index (χ1) is 14.0. The van der Waals surface area contributed by atoms with Gasteiger partial charge in [0.2, 0.25) is 11.9 Å². The molecule has 0 radical (unpaired) electrons. The van der Waals surface area contributed by atoms with Gasteiger partial charge in [-0.3, -0.25) is 4.79 Å². The van der Waals surface area contributed by atoms with Gasteiger partial charge >= 0.3 is 0 Å². The van der Waals surface area contributed by atoms with Crippen molar-refractivity contribution in [3.8, 4) is 5.75 Å². The van der Waals surface area contributed by atoms with Gasteiger partial charge in [0.05, 0.1) is 0 Å². The summed E-state index contributed by atoms with van der Waals surface area (Å²) in [4.78, 5) is 25.1. The first-order valence-electron chi connectivity index (χ1n) is 10.3. The van der Waals surface area contributed by atoms with Gasteiger partial charge in [0.25, 0.3) is 0 Å². The van der Waals surface area contributed by atoms with Gasteiger partial charge in [-0.2, -0.15) is 0 Å². The zero-order valence-corrected chi connectivity index (χ0v) is 17.2. The summed E-state index contributed by atoms with van der Waals surface area (Å²) >= 11 is 0. The van der Waals surface area contributed by atoms with Gasteiger partial charge in [0.1, 0.15) is 11.4 Å². The van der Waals surface area contributed by atoms with E-state index in [0.29, 0.717) is 13.0 Å². The minimum Gasteiger partial charge on any atom is -0.487 e. The molecule has 1 N–H and O–H groups in total. The monoisotopic (exact) mass is 395 g/mol. The number of hydrogen-bond donors (Lipinski definition) is 1. The second-order valence-electron chi connectivity index (χ2n) is 8.32. The minimum atomic E-state index is -0.114. The van der Waals surface area contributed by atoms with E-state index in [2.05, 4.69) is 52.2 Å². The highest BCUT2D eigenvalue weighted by Crippen LogP contribution is 2.35. The van der Waals surface area contributed by atoms with E-state index in [-0.39, 0.29) is 11.5 Å². The molecule has 1 aromatic carbocycles. The maximum absolute atomic E-state index is 12.5. The summed E-state index contributed by atoms with van der Waals surface area (Å²) < 4.78 is 5.93.